The van der Waals surface area contributed by atoms with E-state index in [0.29, 0.717) is 5.92 Å². The van der Waals surface area contributed by atoms with E-state index in [1.165, 1.54) is 5.56 Å². The zero-order chi connectivity index (χ0) is 20.7. The Labute approximate surface area is 177 Å². The number of benzene rings is 3. The summed E-state index contributed by atoms with van der Waals surface area (Å²) in [6.45, 7) is 4.42. The molecule has 3 aromatic carbocycles. The molecule has 0 saturated carbocycles. The second-order valence-electron chi connectivity index (χ2n) is 8.21. The normalized spacial score (nSPS) is 19.7. The van der Waals surface area contributed by atoms with E-state index >= 15 is 0 Å². The van der Waals surface area contributed by atoms with Crippen molar-refractivity contribution >= 4 is 5.71 Å². The van der Waals surface area contributed by atoms with E-state index in [9.17, 15) is 0 Å². The maximum atomic E-state index is 6.48. The molecule has 0 radical (unpaired) electrons. The van der Waals surface area contributed by atoms with Gasteiger partial charge >= 0.3 is 0 Å². The third-order valence-electron chi connectivity index (χ3n) is 5.99. The molecule has 4 heteroatoms. The summed E-state index contributed by atoms with van der Waals surface area (Å²) in [7, 11) is 1.70. The Bertz CT molecular complexity index is 1070. The number of methoxy groups -OCH3 is 1. The molecule has 0 bridgehead atoms. The Morgan fingerprint density at radius 3 is 2.47 bits per heavy atom. The Kier molecular flexibility index (Phi) is 4.70. The van der Waals surface area contributed by atoms with Gasteiger partial charge in [-0.05, 0) is 35.2 Å². The molecule has 152 valence electrons. The molecule has 0 fully saturated rings. The topological polar surface area (TPSA) is 34.1 Å². The van der Waals surface area contributed by atoms with Crippen LogP contribution in [-0.4, -0.2) is 17.8 Å². The Hall–Kier alpha value is -3.27. The molecule has 0 amide bonds. The summed E-state index contributed by atoms with van der Waals surface area (Å²) in [6.07, 6.45) is 0.590. The minimum absolute atomic E-state index is 0.119. The van der Waals surface area contributed by atoms with Gasteiger partial charge in [-0.2, -0.15) is 5.10 Å². The zero-order valence-electron chi connectivity index (χ0n) is 17.6. The average Bonchev–Trinajstić information content (AvgIpc) is 3.25. The molecule has 0 spiro atoms. The minimum atomic E-state index is -0.252. The molecule has 4 nitrogen and oxygen atoms in total. The van der Waals surface area contributed by atoms with Crippen LogP contribution in [0.2, 0.25) is 0 Å². The highest BCUT2D eigenvalue weighted by molar-refractivity contribution is 6.01. The molecule has 2 unspecified atom stereocenters. The molecule has 2 aliphatic heterocycles. The lowest BCUT2D eigenvalue weighted by Gasteiger charge is -2.38. The van der Waals surface area contributed by atoms with Crippen LogP contribution in [0.1, 0.15) is 60.7 Å². The second-order valence-corrected chi connectivity index (χ2v) is 8.21. The third kappa shape index (κ3) is 3.22. The van der Waals surface area contributed by atoms with Crippen molar-refractivity contribution in [1.82, 2.24) is 5.01 Å². The van der Waals surface area contributed by atoms with Crippen molar-refractivity contribution in [1.29, 1.82) is 0 Å². The van der Waals surface area contributed by atoms with E-state index in [1.54, 1.807) is 7.11 Å². The van der Waals surface area contributed by atoms with E-state index < -0.39 is 0 Å². The fourth-order valence-corrected chi connectivity index (χ4v) is 4.26. The van der Waals surface area contributed by atoms with Gasteiger partial charge in [0.2, 0.25) is 6.23 Å². The van der Waals surface area contributed by atoms with Crippen molar-refractivity contribution in [2.75, 3.05) is 7.11 Å². The summed E-state index contributed by atoms with van der Waals surface area (Å²) < 4.78 is 12.0. The Morgan fingerprint density at radius 1 is 1.00 bits per heavy atom. The first kappa shape index (κ1) is 18.7. The predicted octanol–water partition coefficient (Wildman–Crippen LogP) is 6.06. The summed E-state index contributed by atoms with van der Waals surface area (Å²) in [5, 5.41) is 7.15. The summed E-state index contributed by atoms with van der Waals surface area (Å²) in [5.74, 6) is 2.24. The van der Waals surface area contributed by atoms with Crippen molar-refractivity contribution in [2.45, 2.75) is 38.5 Å². The molecule has 2 aliphatic rings. The van der Waals surface area contributed by atoms with Crippen LogP contribution >= 0.6 is 0 Å². The van der Waals surface area contributed by atoms with Gasteiger partial charge in [-0.15, -0.1) is 0 Å². The molecule has 2 atom stereocenters. The smallest absolute Gasteiger partial charge is 0.213 e. The predicted molar refractivity (Wildman–Crippen MR) is 119 cm³/mol. The van der Waals surface area contributed by atoms with E-state index in [0.717, 1.165) is 40.3 Å². The number of nitrogens with zero attached hydrogens (tertiary/aromatic N) is 2. The molecular weight excluding hydrogens is 372 g/mol. The van der Waals surface area contributed by atoms with Crippen LogP contribution in [0.4, 0.5) is 0 Å². The monoisotopic (exact) mass is 398 g/mol. The molecule has 3 aromatic rings. The van der Waals surface area contributed by atoms with Gasteiger partial charge in [0.1, 0.15) is 11.5 Å². The van der Waals surface area contributed by atoms with Crippen LogP contribution in [0.5, 0.6) is 11.5 Å². The number of rotatable bonds is 4. The Balaban J connectivity index is 1.57. The molecule has 0 aromatic heterocycles. The second kappa shape index (κ2) is 7.52. The first-order chi connectivity index (χ1) is 14.6. The summed E-state index contributed by atoms with van der Waals surface area (Å²) >= 11 is 0. The largest absolute Gasteiger partial charge is 0.497 e. The highest BCUT2D eigenvalue weighted by Gasteiger charge is 2.41. The third-order valence-corrected chi connectivity index (χ3v) is 5.99. The minimum Gasteiger partial charge on any atom is -0.497 e. The Morgan fingerprint density at radius 2 is 1.77 bits per heavy atom. The lowest BCUT2D eigenvalue weighted by Crippen LogP contribution is -2.33. The van der Waals surface area contributed by atoms with E-state index in [2.05, 4.69) is 73.5 Å². The van der Waals surface area contributed by atoms with E-state index in [4.69, 9.17) is 14.6 Å². The lowest BCUT2D eigenvalue weighted by molar-refractivity contribution is -0.0191. The van der Waals surface area contributed by atoms with E-state index in [-0.39, 0.29) is 12.3 Å². The lowest BCUT2D eigenvalue weighted by atomic mass is 9.95. The standard InChI is InChI=1S/C26H26N2O2/c1-17(2)18-9-11-20(12-10-18)26-28-24(16-23(27-28)19-7-5-4-6-8-19)22-15-21(29-3)13-14-25(22)30-26/h4-15,17,24,26H,16H2,1-3H3. The van der Waals surface area contributed by atoms with Crippen LogP contribution < -0.4 is 9.47 Å². The van der Waals surface area contributed by atoms with Gasteiger partial charge in [-0.1, -0.05) is 68.4 Å². The quantitative estimate of drug-likeness (QED) is 0.536. The first-order valence-corrected chi connectivity index (χ1v) is 10.5. The van der Waals surface area contributed by atoms with Crippen molar-refractivity contribution < 1.29 is 9.47 Å². The van der Waals surface area contributed by atoms with Crippen LogP contribution in [0.15, 0.2) is 77.9 Å². The van der Waals surface area contributed by atoms with Gasteiger partial charge in [0, 0.05) is 17.5 Å². The van der Waals surface area contributed by atoms with E-state index in [1.807, 2.05) is 18.2 Å². The molecule has 0 N–H and O–H groups in total. The van der Waals surface area contributed by atoms with Crippen molar-refractivity contribution in [3.63, 3.8) is 0 Å². The summed E-state index contributed by atoms with van der Waals surface area (Å²) in [6, 6.07) is 25.3. The van der Waals surface area contributed by atoms with Crippen LogP contribution in [0.3, 0.4) is 0 Å². The number of hydrogen-bond acceptors (Lipinski definition) is 4. The maximum Gasteiger partial charge on any atom is 0.213 e. The van der Waals surface area contributed by atoms with Gasteiger partial charge in [0.25, 0.3) is 0 Å². The number of fused-ring (bicyclic) bond motifs is 3. The molecule has 0 aliphatic carbocycles. The molecular formula is C26H26N2O2. The molecule has 5 rings (SSSR count). The number of hydrogen-bond donors (Lipinski definition) is 0. The fraction of sp³-hybridized carbons (Fsp3) is 0.269. The maximum absolute atomic E-state index is 6.48. The van der Waals surface area contributed by atoms with Gasteiger partial charge < -0.3 is 9.47 Å². The van der Waals surface area contributed by atoms with Crippen molar-refractivity contribution in [3.8, 4) is 11.5 Å². The zero-order valence-corrected chi connectivity index (χ0v) is 17.6. The van der Waals surface area contributed by atoms with Crippen molar-refractivity contribution in [3.05, 3.63) is 95.1 Å². The SMILES string of the molecule is COc1ccc2c(c1)C1CC(c3ccccc3)=NN1C(c1ccc(C(C)C)cc1)O2. The summed E-state index contributed by atoms with van der Waals surface area (Å²) in [4.78, 5) is 0. The highest BCUT2D eigenvalue weighted by atomic mass is 16.5. The van der Waals surface area contributed by atoms with Gasteiger partial charge in [-0.3, -0.25) is 0 Å². The fourth-order valence-electron chi connectivity index (χ4n) is 4.26. The highest BCUT2D eigenvalue weighted by Crippen LogP contribution is 2.48. The average molecular weight is 399 g/mol. The van der Waals surface area contributed by atoms with Gasteiger partial charge in [0.15, 0.2) is 0 Å². The summed E-state index contributed by atoms with van der Waals surface area (Å²) in [5.41, 5.74) is 5.81. The molecule has 30 heavy (non-hydrogen) atoms. The van der Waals surface area contributed by atoms with Crippen molar-refractivity contribution in [2.24, 2.45) is 5.10 Å². The van der Waals surface area contributed by atoms with Gasteiger partial charge in [-0.25, -0.2) is 5.01 Å². The molecule has 2 heterocycles. The van der Waals surface area contributed by atoms with Crippen LogP contribution in [-0.2, 0) is 0 Å². The van der Waals surface area contributed by atoms with Crippen LogP contribution in [0, 0.1) is 0 Å². The molecule has 0 saturated heterocycles. The van der Waals surface area contributed by atoms with Gasteiger partial charge in [0.05, 0.1) is 18.9 Å². The number of ether oxygens (including phenoxy) is 2. The number of hydrazone groups is 1. The van der Waals surface area contributed by atoms with Crippen LogP contribution in [0.25, 0.3) is 0 Å². The first-order valence-electron chi connectivity index (χ1n) is 10.5.